The molecule has 0 spiro atoms. The summed E-state index contributed by atoms with van der Waals surface area (Å²) in [6, 6.07) is 16.2. The largest absolute Gasteiger partial charge is 0.299 e. The van der Waals surface area contributed by atoms with Crippen LogP contribution in [0.2, 0.25) is 0 Å². The van der Waals surface area contributed by atoms with Crippen molar-refractivity contribution in [2.45, 2.75) is 33.1 Å². The molecule has 0 aliphatic heterocycles. The zero-order valence-corrected chi connectivity index (χ0v) is 11.8. The second kappa shape index (κ2) is 5.83. The van der Waals surface area contributed by atoms with Crippen molar-refractivity contribution in [1.82, 2.24) is 0 Å². The molecule has 0 amide bonds. The molecule has 2 aromatic rings. The maximum atomic E-state index is 12.3. The van der Waals surface area contributed by atoms with E-state index in [0.29, 0.717) is 6.42 Å². The lowest BCUT2D eigenvalue weighted by atomic mass is 9.92. The fourth-order valence-corrected chi connectivity index (χ4v) is 2.20. The lowest BCUT2D eigenvalue weighted by Crippen LogP contribution is -2.12. The molecule has 0 aromatic heterocycles. The van der Waals surface area contributed by atoms with Crippen molar-refractivity contribution < 1.29 is 4.79 Å². The molecule has 1 atom stereocenters. The molecule has 1 heteroatoms. The first-order valence-electron chi connectivity index (χ1n) is 6.71. The highest BCUT2D eigenvalue weighted by atomic mass is 16.1. The van der Waals surface area contributed by atoms with Crippen LogP contribution in [0.25, 0.3) is 0 Å². The van der Waals surface area contributed by atoms with Crippen LogP contribution in [0.3, 0.4) is 0 Å². The van der Waals surface area contributed by atoms with E-state index in [1.54, 1.807) is 0 Å². The molecule has 0 saturated heterocycles. The van der Waals surface area contributed by atoms with E-state index < -0.39 is 0 Å². The van der Waals surface area contributed by atoms with Gasteiger partial charge in [-0.3, -0.25) is 4.79 Å². The first kappa shape index (κ1) is 13.5. The molecule has 0 heterocycles. The summed E-state index contributed by atoms with van der Waals surface area (Å²) in [6.07, 6.45) is 0.511. The number of rotatable bonds is 4. The summed E-state index contributed by atoms with van der Waals surface area (Å²) in [7, 11) is 0. The Bertz CT molecular complexity index is 569. The van der Waals surface area contributed by atoms with Gasteiger partial charge in [0.1, 0.15) is 5.78 Å². The van der Waals surface area contributed by atoms with Crippen LogP contribution in [0.4, 0.5) is 0 Å². The lowest BCUT2D eigenvalue weighted by Gasteiger charge is -2.11. The highest BCUT2D eigenvalue weighted by Gasteiger charge is 2.15. The molecule has 0 radical (unpaired) electrons. The van der Waals surface area contributed by atoms with Crippen LogP contribution in [0, 0.1) is 13.8 Å². The summed E-state index contributed by atoms with van der Waals surface area (Å²) >= 11 is 0. The molecule has 2 aromatic carbocycles. The van der Waals surface area contributed by atoms with Gasteiger partial charge in [-0.05, 0) is 36.1 Å². The number of hydrogen-bond donors (Lipinski definition) is 0. The molecule has 1 nitrogen and oxygen atoms in total. The van der Waals surface area contributed by atoms with Crippen LogP contribution in [0.1, 0.15) is 35.1 Å². The fourth-order valence-electron chi connectivity index (χ4n) is 2.20. The van der Waals surface area contributed by atoms with E-state index in [0.717, 1.165) is 11.1 Å². The van der Waals surface area contributed by atoms with Gasteiger partial charge in [-0.1, -0.05) is 55.5 Å². The second-order valence-electron chi connectivity index (χ2n) is 5.19. The molecular formula is C18H20O. The summed E-state index contributed by atoms with van der Waals surface area (Å²) < 4.78 is 0. The minimum Gasteiger partial charge on any atom is -0.299 e. The van der Waals surface area contributed by atoms with Crippen molar-refractivity contribution in [3.05, 3.63) is 70.8 Å². The Morgan fingerprint density at radius 2 is 1.68 bits per heavy atom. The Morgan fingerprint density at radius 3 is 2.32 bits per heavy atom. The van der Waals surface area contributed by atoms with Crippen LogP contribution in [-0.2, 0) is 11.2 Å². The zero-order valence-electron chi connectivity index (χ0n) is 11.8. The van der Waals surface area contributed by atoms with Gasteiger partial charge in [0, 0.05) is 12.3 Å². The second-order valence-corrected chi connectivity index (χ2v) is 5.19. The monoisotopic (exact) mass is 252 g/mol. The summed E-state index contributed by atoms with van der Waals surface area (Å²) in [6.45, 7) is 6.16. The molecule has 0 bridgehead atoms. The summed E-state index contributed by atoms with van der Waals surface area (Å²) in [5, 5.41) is 0. The topological polar surface area (TPSA) is 17.1 Å². The zero-order chi connectivity index (χ0) is 13.8. The molecule has 2 rings (SSSR count). The molecule has 0 N–H and O–H groups in total. The number of aryl methyl sites for hydroxylation is 2. The van der Waals surface area contributed by atoms with Gasteiger partial charge in [-0.15, -0.1) is 0 Å². The van der Waals surface area contributed by atoms with E-state index >= 15 is 0 Å². The Balaban J connectivity index is 2.10. The highest BCUT2D eigenvalue weighted by Crippen LogP contribution is 2.19. The van der Waals surface area contributed by atoms with Gasteiger partial charge in [0.2, 0.25) is 0 Å². The number of ketones is 1. The van der Waals surface area contributed by atoms with Gasteiger partial charge in [0.15, 0.2) is 0 Å². The van der Waals surface area contributed by atoms with E-state index in [4.69, 9.17) is 0 Å². The predicted molar refractivity (Wildman–Crippen MR) is 79.5 cm³/mol. The number of carbonyl (C=O) groups is 1. The van der Waals surface area contributed by atoms with Crippen molar-refractivity contribution >= 4 is 5.78 Å². The van der Waals surface area contributed by atoms with Gasteiger partial charge >= 0.3 is 0 Å². The summed E-state index contributed by atoms with van der Waals surface area (Å²) in [5.74, 6) is 0.234. The first-order chi connectivity index (χ1) is 9.08. The van der Waals surface area contributed by atoms with E-state index in [-0.39, 0.29) is 11.7 Å². The van der Waals surface area contributed by atoms with E-state index in [1.807, 2.05) is 37.3 Å². The third-order valence-electron chi connectivity index (χ3n) is 3.73. The summed E-state index contributed by atoms with van der Waals surface area (Å²) in [5.41, 5.74) is 4.72. The molecule has 0 saturated carbocycles. The van der Waals surface area contributed by atoms with Crippen LogP contribution in [-0.4, -0.2) is 5.78 Å². The number of carbonyl (C=O) groups excluding carboxylic acids is 1. The van der Waals surface area contributed by atoms with Crippen molar-refractivity contribution in [3.63, 3.8) is 0 Å². The standard InChI is InChI=1S/C18H20O/c1-13-9-10-16(11-14(13)2)12-18(19)15(3)17-7-5-4-6-8-17/h4-11,15H,12H2,1-3H3. The van der Waals surface area contributed by atoms with Gasteiger partial charge in [0.25, 0.3) is 0 Å². The number of benzene rings is 2. The lowest BCUT2D eigenvalue weighted by molar-refractivity contribution is -0.119. The fraction of sp³-hybridized carbons (Fsp3) is 0.278. The van der Waals surface area contributed by atoms with E-state index in [1.165, 1.54) is 11.1 Å². The Labute approximate surface area is 115 Å². The Kier molecular flexibility index (Phi) is 4.16. The molecular weight excluding hydrogens is 232 g/mol. The summed E-state index contributed by atoms with van der Waals surface area (Å²) in [4.78, 5) is 12.3. The number of hydrogen-bond acceptors (Lipinski definition) is 1. The van der Waals surface area contributed by atoms with Gasteiger partial charge in [-0.25, -0.2) is 0 Å². The number of Topliss-reactive ketones (excluding diaryl/α,β-unsaturated/α-hetero) is 1. The molecule has 1 unspecified atom stereocenters. The smallest absolute Gasteiger partial charge is 0.144 e. The average Bonchev–Trinajstić information content (AvgIpc) is 2.43. The maximum absolute atomic E-state index is 12.3. The van der Waals surface area contributed by atoms with Gasteiger partial charge in [-0.2, -0.15) is 0 Å². The average molecular weight is 252 g/mol. The van der Waals surface area contributed by atoms with Crippen LogP contribution >= 0.6 is 0 Å². The maximum Gasteiger partial charge on any atom is 0.144 e. The first-order valence-corrected chi connectivity index (χ1v) is 6.71. The van der Waals surface area contributed by atoms with Crippen LogP contribution in [0.5, 0.6) is 0 Å². The third-order valence-corrected chi connectivity index (χ3v) is 3.73. The normalized spacial score (nSPS) is 12.2. The van der Waals surface area contributed by atoms with Gasteiger partial charge < -0.3 is 0 Å². The van der Waals surface area contributed by atoms with Crippen molar-refractivity contribution in [2.75, 3.05) is 0 Å². The predicted octanol–water partition coefficient (Wildman–Crippen LogP) is 4.22. The van der Waals surface area contributed by atoms with Crippen LogP contribution < -0.4 is 0 Å². The van der Waals surface area contributed by atoms with Crippen molar-refractivity contribution in [2.24, 2.45) is 0 Å². The highest BCUT2D eigenvalue weighted by molar-refractivity contribution is 5.87. The van der Waals surface area contributed by atoms with Crippen molar-refractivity contribution in [1.29, 1.82) is 0 Å². The molecule has 98 valence electrons. The SMILES string of the molecule is Cc1ccc(CC(=O)C(C)c2ccccc2)cc1C. The van der Waals surface area contributed by atoms with Crippen LogP contribution in [0.15, 0.2) is 48.5 Å². The Morgan fingerprint density at radius 1 is 1.00 bits per heavy atom. The third kappa shape index (κ3) is 3.31. The molecule has 19 heavy (non-hydrogen) atoms. The van der Waals surface area contributed by atoms with Crippen molar-refractivity contribution in [3.8, 4) is 0 Å². The Hall–Kier alpha value is -1.89. The minimum atomic E-state index is -0.0391. The quantitative estimate of drug-likeness (QED) is 0.796. The van der Waals surface area contributed by atoms with E-state index in [2.05, 4.69) is 32.0 Å². The molecule has 0 aliphatic rings. The molecule has 0 fully saturated rings. The minimum absolute atomic E-state index is 0.0391. The van der Waals surface area contributed by atoms with E-state index in [9.17, 15) is 4.79 Å². The van der Waals surface area contributed by atoms with Gasteiger partial charge in [0.05, 0.1) is 0 Å². The molecule has 0 aliphatic carbocycles.